The number of hydrogen-bond donors (Lipinski definition) is 1. The topological polar surface area (TPSA) is 26.0 Å². The van der Waals surface area contributed by atoms with E-state index in [0.717, 1.165) is 35.6 Å². The molecule has 0 saturated heterocycles. The van der Waals surface area contributed by atoms with Crippen LogP contribution in [0.1, 0.15) is 33.6 Å². The molecule has 4 unspecified atom stereocenters. The van der Waals surface area contributed by atoms with Crippen molar-refractivity contribution in [3.63, 3.8) is 0 Å². The predicted octanol–water partition coefficient (Wildman–Crippen LogP) is 2.26. The zero-order valence-corrected chi connectivity index (χ0v) is 8.51. The Morgan fingerprint density at radius 1 is 1.42 bits per heavy atom. The highest BCUT2D eigenvalue weighted by molar-refractivity contribution is 5.13. The molecule has 2 aliphatic rings. The second-order valence-corrected chi connectivity index (χ2v) is 5.26. The molecular formula is C11H21N. The van der Waals surface area contributed by atoms with Crippen LogP contribution >= 0.6 is 0 Å². The van der Waals surface area contributed by atoms with E-state index in [1.807, 2.05) is 0 Å². The second kappa shape index (κ2) is 2.47. The van der Waals surface area contributed by atoms with Crippen molar-refractivity contribution in [3.8, 4) is 0 Å². The van der Waals surface area contributed by atoms with Crippen LogP contribution in [0.5, 0.6) is 0 Å². The zero-order valence-electron chi connectivity index (χ0n) is 8.51. The van der Waals surface area contributed by atoms with Gasteiger partial charge in [-0.05, 0) is 48.5 Å². The lowest BCUT2D eigenvalue weighted by Crippen LogP contribution is -2.20. The van der Waals surface area contributed by atoms with Crippen LogP contribution in [0.3, 0.4) is 0 Å². The summed E-state index contributed by atoms with van der Waals surface area (Å²) in [5, 5.41) is 0. The van der Waals surface area contributed by atoms with Gasteiger partial charge in [-0.1, -0.05) is 20.8 Å². The first kappa shape index (κ1) is 8.55. The summed E-state index contributed by atoms with van der Waals surface area (Å²) in [5.41, 5.74) is 6.49. The van der Waals surface area contributed by atoms with Crippen LogP contribution in [0.25, 0.3) is 0 Å². The van der Waals surface area contributed by atoms with E-state index in [2.05, 4.69) is 20.8 Å². The Labute approximate surface area is 75.7 Å². The first-order valence-corrected chi connectivity index (χ1v) is 5.32. The van der Waals surface area contributed by atoms with E-state index in [1.165, 1.54) is 12.8 Å². The third-order valence-electron chi connectivity index (χ3n) is 4.65. The van der Waals surface area contributed by atoms with Crippen LogP contribution in [0.15, 0.2) is 0 Å². The van der Waals surface area contributed by atoms with Crippen molar-refractivity contribution in [2.75, 3.05) is 6.54 Å². The van der Waals surface area contributed by atoms with Crippen LogP contribution in [0, 0.1) is 29.1 Å². The van der Waals surface area contributed by atoms with Crippen molar-refractivity contribution >= 4 is 0 Å². The van der Waals surface area contributed by atoms with E-state index >= 15 is 0 Å². The van der Waals surface area contributed by atoms with Gasteiger partial charge in [-0.3, -0.25) is 0 Å². The zero-order chi connectivity index (χ0) is 8.93. The van der Waals surface area contributed by atoms with Crippen molar-refractivity contribution in [3.05, 3.63) is 0 Å². The van der Waals surface area contributed by atoms with Gasteiger partial charge >= 0.3 is 0 Å². The monoisotopic (exact) mass is 167 g/mol. The molecule has 0 heterocycles. The van der Waals surface area contributed by atoms with Gasteiger partial charge in [0.2, 0.25) is 0 Å². The summed E-state index contributed by atoms with van der Waals surface area (Å²) in [5.74, 6) is 3.62. The fraction of sp³-hybridized carbons (Fsp3) is 1.00. The van der Waals surface area contributed by atoms with E-state index in [-0.39, 0.29) is 0 Å². The lowest BCUT2D eigenvalue weighted by molar-refractivity contribution is 0.312. The SMILES string of the molecule is CC1C(CN)CC2(C(C)C)CC12. The van der Waals surface area contributed by atoms with Crippen molar-refractivity contribution in [2.45, 2.75) is 33.6 Å². The van der Waals surface area contributed by atoms with E-state index in [4.69, 9.17) is 5.73 Å². The molecule has 2 rings (SSSR count). The van der Waals surface area contributed by atoms with E-state index < -0.39 is 0 Å². The molecule has 0 aromatic carbocycles. The first-order chi connectivity index (χ1) is 5.62. The average Bonchev–Trinajstić information content (AvgIpc) is 2.69. The molecular weight excluding hydrogens is 146 g/mol. The Hall–Kier alpha value is -0.0400. The maximum Gasteiger partial charge on any atom is -0.00460 e. The third kappa shape index (κ3) is 0.891. The summed E-state index contributed by atoms with van der Waals surface area (Å²) < 4.78 is 0. The van der Waals surface area contributed by atoms with Gasteiger partial charge in [-0.15, -0.1) is 0 Å². The fourth-order valence-corrected chi connectivity index (χ4v) is 3.49. The van der Waals surface area contributed by atoms with Crippen LogP contribution in [-0.4, -0.2) is 6.54 Å². The molecule has 70 valence electrons. The minimum absolute atomic E-state index is 0.726. The molecule has 1 heteroatoms. The molecule has 4 atom stereocenters. The normalized spacial score (nSPS) is 51.2. The summed E-state index contributed by atoms with van der Waals surface area (Å²) in [6, 6.07) is 0. The van der Waals surface area contributed by atoms with Gasteiger partial charge in [-0.25, -0.2) is 0 Å². The third-order valence-corrected chi connectivity index (χ3v) is 4.65. The molecule has 2 aliphatic carbocycles. The largest absolute Gasteiger partial charge is 0.330 e. The summed E-state index contributed by atoms with van der Waals surface area (Å²) in [4.78, 5) is 0. The van der Waals surface area contributed by atoms with Crippen molar-refractivity contribution in [2.24, 2.45) is 34.8 Å². The standard InChI is InChI=1S/C11H21N/c1-7(2)11-4-9(6-12)8(3)10(11)5-11/h7-10H,4-6,12H2,1-3H3. The summed E-state index contributed by atoms with van der Waals surface area (Å²) in [6.07, 6.45) is 2.90. The molecule has 0 amide bonds. The molecule has 0 aromatic heterocycles. The minimum atomic E-state index is 0.726. The van der Waals surface area contributed by atoms with Crippen LogP contribution < -0.4 is 5.73 Å². The average molecular weight is 167 g/mol. The van der Waals surface area contributed by atoms with E-state index in [9.17, 15) is 0 Å². The van der Waals surface area contributed by atoms with Crippen LogP contribution in [-0.2, 0) is 0 Å². The van der Waals surface area contributed by atoms with Crippen molar-refractivity contribution < 1.29 is 0 Å². The van der Waals surface area contributed by atoms with Gasteiger partial charge in [0.05, 0.1) is 0 Å². The van der Waals surface area contributed by atoms with Gasteiger partial charge in [0.1, 0.15) is 0 Å². The van der Waals surface area contributed by atoms with Crippen molar-refractivity contribution in [1.29, 1.82) is 0 Å². The molecule has 0 radical (unpaired) electrons. The quantitative estimate of drug-likeness (QED) is 0.671. The Bertz CT molecular complexity index is 187. The smallest absolute Gasteiger partial charge is 0.00460 e. The Morgan fingerprint density at radius 2 is 2.08 bits per heavy atom. The first-order valence-electron chi connectivity index (χ1n) is 5.32. The lowest BCUT2D eigenvalue weighted by atomic mass is 9.87. The maximum atomic E-state index is 5.77. The minimum Gasteiger partial charge on any atom is -0.330 e. The van der Waals surface area contributed by atoms with Crippen molar-refractivity contribution in [1.82, 2.24) is 0 Å². The fourth-order valence-electron chi connectivity index (χ4n) is 3.49. The highest BCUT2D eigenvalue weighted by Crippen LogP contribution is 2.71. The highest BCUT2D eigenvalue weighted by atomic mass is 14.7. The number of hydrogen-bond acceptors (Lipinski definition) is 1. The molecule has 0 bridgehead atoms. The lowest BCUT2D eigenvalue weighted by Gasteiger charge is -2.19. The van der Waals surface area contributed by atoms with Crippen LogP contribution in [0.2, 0.25) is 0 Å². The Kier molecular flexibility index (Phi) is 1.76. The van der Waals surface area contributed by atoms with Gasteiger partial charge in [-0.2, -0.15) is 0 Å². The molecule has 2 N–H and O–H groups in total. The number of rotatable bonds is 2. The molecule has 0 spiro atoms. The molecule has 0 aliphatic heterocycles. The summed E-state index contributed by atoms with van der Waals surface area (Å²) >= 11 is 0. The van der Waals surface area contributed by atoms with Gasteiger partial charge in [0.15, 0.2) is 0 Å². The number of fused-ring (bicyclic) bond motifs is 1. The molecule has 2 saturated carbocycles. The van der Waals surface area contributed by atoms with Gasteiger partial charge in [0.25, 0.3) is 0 Å². The Morgan fingerprint density at radius 3 is 2.42 bits per heavy atom. The molecule has 0 aromatic rings. The molecule has 12 heavy (non-hydrogen) atoms. The molecule has 1 nitrogen and oxygen atoms in total. The Balaban J connectivity index is 2.09. The maximum absolute atomic E-state index is 5.77. The van der Waals surface area contributed by atoms with E-state index in [0.29, 0.717) is 0 Å². The highest BCUT2D eigenvalue weighted by Gasteiger charge is 2.64. The summed E-state index contributed by atoms with van der Waals surface area (Å²) in [6.45, 7) is 8.07. The predicted molar refractivity (Wildman–Crippen MR) is 51.7 cm³/mol. The van der Waals surface area contributed by atoms with E-state index in [1.54, 1.807) is 0 Å². The summed E-state index contributed by atoms with van der Waals surface area (Å²) in [7, 11) is 0. The van der Waals surface area contributed by atoms with Gasteiger partial charge in [0, 0.05) is 0 Å². The number of nitrogens with two attached hydrogens (primary N) is 1. The molecule has 2 fully saturated rings. The van der Waals surface area contributed by atoms with Crippen LogP contribution in [0.4, 0.5) is 0 Å². The van der Waals surface area contributed by atoms with Gasteiger partial charge < -0.3 is 5.73 Å². The second-order valence-electron chi connectivity index (χ2n) is 5.26.